The Morgan fingerprint density at radius 2 is 1.81 bits per heavy atom. The molecule has 0 heterocycles. The molecule has 0 aromatic heterocycles. The zero-order valence-electron chi connectivity index (χ0n) is 15.4. The van der Waals surface area contributed by atoms with Gasteiger partial charge in [-0.25, -0.2) is 13.2 Å². The Kier molecular flexibility index (Phi) is 6.57. The van der Waals surface area contributed by atoms with E-state index in [9.17, 15) is 18.0 Å². The summed E-state index contributed by atoms with van der Waals surface area (Å²) < 4.78 is 32.7. The molecule has 0 spiro atoms. The van der Waals surface area contributed by atoms with Crippen LogP contribution in [0.15, 0.2) is 47.4 Å². The van der Waals surface area contributed by atoms with Crippen LogP contribution < -0.4 is 10.0 Å². The van der Waals surface area contributed by atoms with E-state index in [0.717, 1.165) is 5.56 Å². The molecular formula is C19H22N2O5S. The minimum absolute atomic E-state index is 0.0698. The van der Waals surface area contributed by atoms with Crippen LogP contribution in [-0.2, 0) is 19.6 Å². The van der Waals surface area contributed by atoms with Gasteiger partial charge >= 0.3 is 5.97 Å². The lowest BCUT2D eigenvalue weighted by Gasteiger charge is -2.12. The summed E-state index contributed by atoms with van der Waals surface area (Å²) in [5.74, 6) is -1.18. The lowest BCUT2D eigenvalue weighted by molar-refractivity contribution is -0.124. The van der Waals surface area contributed by atoms with Crippen molar-refractivity contribution in [3.63, 3.8) is 0 Å². The lowest BCUT2D eigenvalue weighted by Crippen LogP contribution is -2.28. The van der Waals surface area contributed by atoms with E-state index in [2.05, 4.69) is 10.0 Å². The van der Waals surface area contributed by atoms with Gasteiger partial charge in [0.25, 0.3) is 15.9 Å². The molecule has 0 unspecified atom stereocenters. The SMILES string of the molecule is CCNC(=O)COC(=O)c1cc(S(=O)(=O)Nc2cccc(C)c2)ccc1C. The number of carbonyl (C=O) groups excluding carboxylic acids is 2. The summed E-state index contributed by atoms with van der Waals surface area (Å²) in [5.41, 5.74) is 1.97. The molecule has 1 amide bonds. The smallest absolute Gasteiger partial charge is 0.338 e. The summed E-state index contributed by atoms with van der Waals surface area (Å²) in [6.07, 6.45) is 0. The van der Waals surface area contributed by atoms with Crippen LogP contribution in [0.4, 0.5) is 5.69 Å². The van der Waals surface area contributed by atoms with Crippen LogP contribution in [0.5, 0.6) is 0 Å². The first-order valence-corrected chi connectivity index (χ1v) is 9.85. The van der Waals surface area contributed by atoms with Crippen molar-refractivity contribution in [3.8, 4) is 0 Å². The fraction of sp³-hybridized carbons (Fsp3) is 0.263. The molecule has 0 saturated carbocycles. The molecule has 2 rings (SSSR count). The predicted octanol–water partition coefficient (Wildman–Crippen LogP) is 2.40. The van der Waals surface area contributed by atoms with E-state index in [4.69, 9.17) is 4.74 Å². The number of benzene rings is 2. The molecule has 7 nitrogen and oxygen atoms in total. The second kappa shape index (κ2) is 8.68. The van der Waals surface area contributed by atoms with E-state index in [1.807, 2.05) is 13.0 Å². The molecule has 0 aliphatic heterocycles. The maximum atomic E-state index is 12.6. The molecule has 2 aromatic rings. The third kappa shape index (κ3) is 5.55. The van der Waals surface area contributed by atoms with Crippen molar-refractivity contribution in [2.75, 3.05) is 17.9 Å². The van der Waals surface area contributed by atoms with E-state index in [-0.39, 0.29) is 10.5 Å². The normalized spacial score (nSPS) is 10.9. The van der Waals surface area contributed by atoms with E-state index in [0.29, 0.717) is 17.8 Å². The van der Waals surface area contributed by atoms with Gasteiger partial charge in [0.05, 0.1) is 10.5 Å². The van der Waals surface area contributed by atoms with Gasteiger partial charge in [0, 0.05) is 12.2 Å². The van der Waals surface area contributed by atoms with Crippen LogP contribution in [0, 0.1) is 13.8 Å². The molecule has 0 aliphatic carbocycles. The first-order chi connectivity index (χ1) is 12.7. The summed E-state index contributed by atoms with van der Waals surface area (Å²) in [5, 5.41) is 2.51. The Morgan fingerprint density at radius 3 is 2.48 bits per heavy atom. The fourth-order valence-corrected chi connectivity index (χ4v) is 3.44. The van der Waals surface area contributed by atoms with Gasteiger partial charge in [0.2, 0.25) is 0 Å². The van der Waals surface area contributed by atoms with Crippen LogP contribution in [0.1, 0.15) is 28.4 Å². The number of likely N-dealkylation sites (N-methyl/N-ethyl adjacent to an activating group) is 1. The Hall–Kier alpha value is -2.87. The summed E-state index contributed by atoms with van der Waals surface area (Å²) in [7, 11) is -3.88. The number of carbonyl (C=O) groups is 2. The number of hydrogen-bond acceptors (Lipinski definition) is 5. The van der Waals surface area contributed by atoms with Gasteiger partial charge in [-0.05, 0) is 56.2 Å². The second-order valence-electron chi connectivity index (χ2n) is 5.98. The van der Waals surface area contributed by atoms with Crippen LogP contribution >= 0.6 is 0 Å². The van der Waals surface area contributed by atoms with Gasteiger partial charge < -0.3 is 10.1 Å². The number of nitrogens with one attached hydrogen (secondary N) is 2. The van der Waals surface area contributed by atoms with Crippen molar-refractivity contribution < 1.29 is 22.7 Å². The zero-order chi connectivity index (χ0) is 20.0. The number of ether oxygens (including phenoxy) is 1. The maximum Gasteiger partial charge on any atom is 0.338 e. The Bertz CT molecular complexity index is 954. The summed E-state index contributed by atoms with van der Waals surface area (Å²) in [6.45, 7) is 5.26. The van der Waals surface area contributed by atoms with Gasteiger partial charge in [0.15, 0.2) is 6.61 Å². The predicted molar refractivity (Wildman–Crippen MR) is 102 cm³/mol. The maximum absolute atomic E-state index is 12.6. The minimum Gasteiger partial charge on any atom is -0.452 e. The first-order valence-electron chi connectivity index (χ1n) is 8.37. The highest BCUT2D eigenvalue weighted by atomic mass is 32.2. The molecule has 0 bridgehead atoms. The average molecular weight is 390 g/mol. The van der Waals surface area contributed by atoms with E-state index >= 15 is 0 Å². The van der Waals surface area contributed by atoms with Crippen molar-refractivity contribution >= 4 is 27.6 Å². The first kappa shape index (κ1) is 20.4. The summed E-state index contributed by atoms with van der Waals surface area (Å²) in [4.78, 5) is 23.6. The number of esters is 1. The molecule has 0 aliphatic rings. The Balaban J connectivity index is 2.22. The third-order valence-electron chi connectivity index (χ3n) is 3.72. The van der Waals surface area contributed by atoms with E-state index in [1.54, 1.807) is 32.0 Å². The molecule has 0 atom stereocenters. The van der Waals surface area contributed by atoms with Crippen molar-refractivity contribution in [1.82, 2.24) is 5.32 Å². The van der Waals surface area contributed by atoms with Crippen molar-refractivity contribution in [1.29, 1.82) is 0 Å². The Morgan fingerprint density at radius 1 is 1.07 bits per heavy atom. The molecule has 144 valence electrons. The van der Waals surface area contributed by atoms with Crippen molar-refractivity contribution in [2.45, 2.75) is 25.7 Å². The van der Waals surface area contributed by atoms with Crippen LogP contribution in [0.3, 0.4) is 0 Å². The standard InChI is InChI=1S/C19H22N2O5S/c1-4-20-18(22)12-26-19(23)17-11-16(9-8-14(17)3)27(24,25)21-15-7-5-6-13(2)10-15/h5-11,21H,4,12H2,1-3H3,(H,20,22). The zero-order valence-corrected chi connectivity index (χ0v) is 16.2. The lowest BCUT2D eigenvalue weighted by atomic mass is 10.1. The minimum atomic E-state index is -3.88. The molecule has 2 aromatic carbocycles. The van der Waals surface area contributed by atoms with Crippen LogP contribution in [0.25, 0.3) is 0 Å². The number of aryl methyl sites for hydroxylation is 2. The van der Waals surface area contributed by atoms with Gasteiger partial charge in [-0.1, -0.05) is 18.2 Å². The highest BCUT2D eigenvalue weighted by Crippen LogP contribution is 2.20. The Labute approximate surface area is 158 Å². The molecular weight excluding hydrogens is 368 g/mol. The molecule has 0 fully saturated rings. The van der Waals surface area contributed by atoms with E-state index < -0.39 is 28.5 Å². The molecule has 8 heteroatoms. The van der Waals surface area contributed by atoms with Gasteiger partial charge in [-0.2, -0.15) is 0 Å². The molecule has 0 radical (unpaired) electrons. The highest BCUT2D eigenvalue weighted by Gasteiger charge is 2.19. The molecule has 0 saturated heterocycles. The van der Waals surface area contributed by atoms with Crippen LogP contribution in [0.2, 0.25) is 0 Å². The average Bonchev–Trinajstić information content (AvgIpc) is 2.59. The summed E-state index contributed by atoms with van der Waals surface area (Å²) >= 11 is 0. The number of amides is 1. The number of rotatable bonds is 7. The molecule has 2 N–H and O–H groups in total. The molecule has 27 heavy (non-hydrogen) atoms. The summed E-state index contributed by atoms with van der Waals surface area (Å²) in [6, 6.07) is 11.1. The number of anilines is 1. The van der Waals surface area contributed by atoms with Gasteiger partial charge in [-0.3, -0.25) is 9.52 Å². The quantitative estimate of drug-likeness (QED) is 0.707. The van der Waals surface area contributed by atoms with E-state index in [1.165, 1.54) is 18.2 Å². The monoisotopic (exact) mass is 390 g/mol. The van der Waals surface area contributed by atoms with Crippen LogP contribution in [-0.4, -0.2) is 33.4 Å². The van der Waals surface area contributed by atoms with Crippen molar-refractivity contribution in [3.05, 3.63) is 59.2 Å². The van der Waals surface area contributed by atoms with Gasteiger partial charge in [-0.15, -0.1) is 0 Å². The topological polar surface area (TPSA) is 102 Å². The van der Waals surface area contributed by atoms with Crippen molar-refractivity contribution in [2.24, 2.45) is 0 Å². The fourth-order valence-electron chi connectivity index (χ4n) is 2.37. The largest absolute Gasteiger partial charge is 0.452 e. The second-order valence-corrected chi connectivity index (χ2v) is 7.66. The number of hydrogen-bond donors (Lipinski definition) is 2. The highest BCUT2D eigenvalue weighted by molar-refractivity contribution is 7.92. The number of sulfonamides is 1. The third-order valence-corrected chi connectivity index (χ3v) is 5.10. The van der Waals surface area contributed by atoms with Gasteiger partial charge in [0.1, 0.15) is 0 Å².